The van der Waals surface area contributed by atoms with Crippen LogP contribution in [0.25, 0.3) is 0 Å². The van der Waals surface area contributed by atoms with Crippen LogP contribution in [-0.2, 0) is 28.6 Å². The van der Waals surface area contributed by atoms with Crippen molar-refractivity contribution in [2.75, 3.05) is 13.2 Å². The Bertz CT molecular complexity index is 1240. The molecular weight excluding hydrogens is 817 g/mol. The van der Waals surface area contributed by atoms with Crippen LogP contribution in [0.2, 0.25) is 0 Å². The zero-order valence-corrected chi connectivity index (χ0v) is 43.4. The van der Waals surface area contributed by atoms with Gasteiger partial charge in [-0.15, -0.1) is 0 Å². The van der Waals surface area contributed by atoms with Crippen LogP contribution < -0.4 is 0 Å². The SMILES string of the molecule is CC/C=C\C/C=C\C/C=C\CCCCCCCC(=O)O[C@@H](COC(=O)CCCCCCCC/C=C\C/C=C\C/C=C\CCCCC)COC(=O)CCCCCCCCCCCCCCCC. The normalized spacial score (nSPS) is 12.6. The van der Waals surface area contributed by atoms with Gasteiger partial charge < -0.3 is 14.2 Å². The third-order valence-corrected chi connectivity index (χ3v) is 11.9. The van der Waals surface area contributed by atoms with Crippen LogP contribution in [0, 0.1) is 0 Å². The lowest BCUT2D eigenvalue weighted by Crippen LogP contribution is -2.30. The minimum absolute atomic E-state index is 0.0849. The van der Waals surface area contributed by atoms with Crippen LogP contribution in [0.3, 0.4) is 0 Å². The second-order valence-electron chi connectivity index (χ2n) is 18.5. The van der Waals surface area contributed by atoms with Gasteiger partial charge in [0.2, 0.25) is 0 Å². The van der Waals surface area contributed by atoms with Gasteiger partial charge in [0, 0.05) is 19.3 Å². The molecule has 0 spiro atoms. The Balaban J connectivity index is 4.41. The molecular formula is C60H104O6. The summed E-state index contributed by atoms with van der Waals surface area (Å²) in [4.78, 5) is 38.1. The third kappa shape index (κ3) is 51.8. The van der Waals surface area contributed by atoms with Gasteiger partial charge in [-0.25, -0.2) is 0 Å². The Labute approximate surface area is 408 Å². The smallest absolute Gasteiger partial charge is 0.306 e. The molecule has 0 amide bonds. The molecule has 0 saturated carbocycles. The van der Waals surface area contributed by atoms with Gasteiger partial charge >= 0.3 is 17.9 Å². The van der Waals surface area contributed by atoms with Crippen molar-refractivity contribution < 1.29 is 28.6 Å². The Hall–Kier alpha value is -3.15. The van der Waals surface area contributed by atoms with Crippen LogP contribution in [0.4, 0.5) is 0 Å². The molecule has 0 aliphatic carbocycles. The number of hydrogen-bond acceptors (Lipinski definition) is 6. The topological polar surface area (TPSA) is 78.9 Å². The molecule has 0 N–H and O–H groups in total. The van der Waals surface area contributed by atoms with E-state index in [0.29, 0.717) is 19.3 Å². The molecule has 6 nitrogen and oxygen atoms in total. The second-order valence-corrected chi connectivity index (χ2v) is 18.5. The van der Waals surface area contributed by atoms with Gasteiger partial charge in [0.15, 0.2) is 6.10 Å². The first kappa shape index (κ1) is 62.8. The Morgan fingerprint density at radius 1 is 0.318 bits per heavy atom. The Morgan fingerprint density at radius 3 is 0.955 bits per heavy atom. The fourth-order valence-corrected chi connectivity index (χ4v) is 7.76. The molecule has 0 fully saturated rings. The minimum atomic E-state index is -0.788. The molecule has 6 heteroatoms. The van der Waals surface area contributed by atoms with Crippen LogP contribution in [0.1, 0.15) is 271 Å². The highest BCUT2D eigenvalue weighted by Crippen LogP contribution is 2.15. The molecule has 0 bridgehead atoms. The lowest BCUT2D eigenvalue weighted by Gasteiger charge is -2.18. The maximum Gasteiger partial charge on any atom is 0.306 e. The Kier molecular flexibility index (Phi) is 51.9. The highest BCUT2D eigenvalue weighted by molar-refractivity contribution is 5.71. The summed E-state index contributed by atoms with van der Waals surface area (Å²) in [6.45, 7) is 6.49. The van der Waals surface area contributed by atoms with E-state index in [1.165, 1.54) is 116 Å². The molecule has 0 saturated heterocycles. The number of ether oxygens (including phenoxy) is 3. The van der Waals surface area contributed by atoms with Crippen molar-refractivity contribution in [3.8, 4) is 0 Å². The van der Waals surface area contributed by atoms with Crippen LogP contribution in [0.5, 0.6) is 0 Å². The third-order valence-electron chi connectivity index (χ3n) is 11.9. The zero-order valence-electron chi connectivity index (χ0n) is 43.4. The molecule has 0 aliphatic heterocycles. The first-order chi connectivity index (χ1) is 32.5. The van der Waals surface area contributed by atoms with Crippen molar-refractivity contribution in [1.29, 1.82) is 0 Å². The quantitative estimate of drug-likeness (QED) is 0.0262. The van der Waals surface area contributed by atoms with E-state index in [-0.39, 0.29) is 31.1 Å². The first-order valence-corrected chi connectivity index (χ1v) is 27.9. The molecule has 0 aromatic carbocycles. The van der Waals surface area contributed by atoms with E-state index >= 15 is 0 Å². The highest BCUT2D eigenvalue weighted by Gasteiger charge is 2.19. The van der Waals surface area contributed by atoms with E-state index in [2.05, 4.69) is 93.7 Å². The number of unbranched alkanes of at least 4 members (excludes halogenated alkanes) is 27. The van der Waals surface area contributed by atoms with Crippen molar-refractivity contribution in [2.24, 2.45) is 0 Å². The summed E-state index contributed by atoms with van der Waals surface area (Å²) in [5, 5.41) is 0. The number of hydrogen-bond donors (Lipinski definition) is 0. The van der Waals surface area contributed by atoms with Crippen LogP contribution in [-0.4, -0.2) is 37.2 Å². The molecule has 0 rings (SSSR count). The number of esters is 3. The van der Waals surface area contributed by atoms with E-state index in [1.54, 1.807) is 0 Å². The fourth-order valence-electron chi connectivity index (χ4n) is 7.76. The van der Waals surface area contributed by atoms with Crippen molar-refractivity contribution in [1.82, 2.24) is 0 Å². The fraction of sp³-hybridized carbons (Fsp3) is 0.750. The van der Waals surface area contributed by atoms with E-state index < -0.39 is 6.10 Å². The van der Waals surface area contributed by atoms with E-state index in [0.717, 1.165) is 116 Å². The molecule has 0 aromatic heterocycles. The number of carbonyl (C=O) groups excluding carboxylic acids is 3. The van der Waals surface area contributed by atoms with Crippen LogP contribution in [0.15, 0.2) is 72.9 Å². The minimum Gasteiger partial charge on any atom is -0.462 e. The zero-order chi connectivity index (χ0) is 47.9. The summed E-state index contributed by atoms with van der Waals surface area (Å²) < 4.78 is 16.8. The van der Waals surface area contributed by atoms with E-state index in [4.69, 9.17) is 14.2 Å². The van der Waals surface area contributed by atoms with Crippen LogP contribution >= 0.6 is 0 Å². The van der Waals surface area contributed by atoms with Crippen molar-refractivity contribution in [3.63, 3.8) is 0 Å². The average molecular weight is 921 g/mol. The van der Waals surface area contributed by atoms with Gasteiger partial charge in [0.25, 0.3) is 0 Å². The maximum absolute atomic E-state index is 12.8. The molecule has 0 aliphatic rings. The molecule has 1 atom stereocenters. The Morgan fingerprint density at radius 2 is 0.591 bits per heavy atom. The molecule has 0 heterocycles. The van der Waals surface area contributed by atoms with Gasteiger partial charge in [-0.3, -0.25) is 14.4 Å². The predicted octanol–water partition coefficient (Wildman–Crippen LogP) is 18.6. The summed E-state index contributed by atoms with van der Waals surface area (Å²) in [6.07, 6.45) is 68.8. The van der Waals surface area contributed by atoms with Gasteiger partial charge in [-0.05, 0) is 89.9 Å². The van der Waals surface area contributed by atoms with E-state index in [9.17, 15) is 14.4 Å². The standard InChI is InChI=1S/C60H104O6/c1-4-7-10-13-16-19-22-25-28-29-30-31-33-35-38-41-44-47-50-53-59(62)65-56-57(55-64-58(61)52-49-46-43-40-37-34-27-24-21-18-15-12-9-6-3)66-60(63)54-51-48-45-42-39-36-32-26-23-20-17-14-11-8-5-2/h8,11,16-17,19-20,25-26,28,30-32,57H,4-7,9-10,12-15,18,21-24,27,29,33-56H2,1-3H3/b11-8-,19-16-,20-17-,28-25-,31-30-,32-26-/t57-/m1/s1. The summed E-state index contributed by atoms with van der Waals surface area (Å²) in [6, 6.07) is 0. The second kappa shape index (κ2) is 54.5. The molecule has 0 unspecified atom stereocenters. The molecule has 66 heavy (non-hydrogen) atoms. The number of allylic oxidation sites excluding steroid dienone is 12. The van der Waals surface area contributed by atoms with Crippen molar-refractivity contribution >= 4 is 17.9 Å². The van der Waals surface area contributed by atoms with Gasteiger partial charge in [0.1, 0.15) is 13.2 Å². The molecule has 0 radical (unpaired) electrons. The summed E-state index contributed by atoms with van der Waals surface area (Å²) in [5.41, 5.74) is 0. The predicted molar refractivity (Wildman–Crippen MR) is 284 cm³/mol. The molecule has 380 valence electrons. The monoisotopic (exact) mass is 921 g/mol. The number of rotatable bonds is 50. The van der Waals surface area contributed by atoms with Crippen molar-refractivity contribution in [3.05, 3.63) is 72.9 Å². The van der Waals surface area contributed by atoms with Gasteiger partial charge in [0.05, 0.1) is 0 Å². The lowest BCUT2D eigenvalue weighted by molar-refractivity contribution is -0.167. The van der Waals surface area contributed by atoms with Crippen molar-refractivity contribution in [2.45, 2.75) is 277 Å². The van der Waals surface area contributed by atoms with E-state index in [1.807, 2.05) is 0 Å². The lowest BCUT2D eigenvalue weighted by atomic mass is 10.0. The largest absolute Gasteiger partial charge is 0.462 e. The highest BCUT2D eigenvalue weighted by atomic mass is 16.6. The summed E-state index contributed by atoms with van der Waals surface area (Å²) >= 11 is 0. The molecule has 0 aromatic rings. The van der Waals surface area contributed by atoms with Gasteiger partial charge in [-0.2, -0.15) is 0 Å². The average Bonchev–Trinajstić information content (AvgIpc) is 3.31. The van der Waals surface area contributed by atoms with Gasteiger partial charge in [-0.1, -0.05) is 235 Å². The maximum atomic E-state index is 12.8. The number of carbonyl (C=O) groups is 3. The first-order valence-electron chi connectivity index (χ1n) is 27.9. The summed E-state index contributed by atoms with van der Waals surface area (Å²) in [7, 11) is 0. The summed E-state index contributed by atoms with van der Waals surface area (Å²) in [5.74, 6) is -0.908.